The molecule has 3 aromatic carbocycles. The van der Waals surface area contributed by atoms with Gasteiger partial charge in [0.25, 0.3) is 0 Å². The van der Waals surface area contributed by atoms with Gasteiger partial charge in [0.05, 0.1) is 11.4 Å². The maximum atomic E-state index is 5.14. The summed E-state index contributed by atoms with van der Waals surface area (Å²) in [7, 11) is 8.25. The molecule has 2 radical (unpaired) electrons. The van der Waals surface area contributed by atoms with Gasteiger partial charge in [-0.05, 0) is 74.8 Å². The molecule has 186 valence electrons. The molecule has 5 aromatic rings. The summed E-state index contributed by atoms with van der Waals surface area (Å²) in [6.07, 6.45) is 0. The summed E-state index contributed by atoms with van der Waals surface area (Å²) in [6, 6.07) is 39.2. The van der Waals surface area contributed by atoms with Crippen LogP contribution < -0.4 is 24.1 Å². The number of nitrogens with zero attached hydrogens (tertiary/aromatic N) is 7. The second kappa shape index (κ2) is 9.44. The summed E-state index contributed by atoms with van der Waals surface area (Å²) >= 11 is 0. The van der Waals surface area contributed by atoms with Gasteiger partial charge < -0.3 is 19.2 Å². The van der Waals surface area contributed by atoms with Gasteiger partial charge >= 0.3 is 15.1 Å². The van der Waals surface area contributed by atoms with Crippen molar-refractivity contribution in [3.63, 3.8) is 0 Å². The molecule has 4 heterocycles. The lowest BCUT2D eigenvalue weighted by Crippen LogP contribution is -2.30. The molecule has 0 saturated carbocycles. The van der Waals surface area contributed by atoms with Crippen LogP contribution in [-0.2, 0) is 0 Å². The molecule has 2 aliphatic heterocycles. The molecule has 0 bridgehead atoms. The average molecular weight is 505 g/mol. The molecule has 2 aromatic heterocycles. The Morgan fingerprint density at radius 1 is 0.487 bits per heavy atom. The van der Waals surface area contributed by atoms with Gasteiger partial charge in [-0.1, -0.05) is 54.6 Å². The highest BCUT2D eigenvalue weighted by atomic mass is 15.3. The van der Waals surface area contributed by atoms with E-state index in [0.717, 1.165) is 51.7 Å². The van der Waals surface area contributed by atoms with Crippen LogP contribution in [0.4, 0.5) is 51.7 Å². The number of hydrogen-bond acceptors (Lipinski definition) is 7. The van der Waals surface area contributed by atoms with Crippen molar-refractivity contribution in [2.24, 2.45) is 0 Å². The molecule has 0 amide bonds. The third kappa shape index (κ3) is 4.03. The molecule has 0 spiro atoms. The summed E-state index contributed by atoms with van der Waals surface area (Å²) < 4.78 is 0. The first-order valence-electron chi connectivity index (χ1n) is 12.9. The lowest BCUT2D eigenvalue weighted by Gasteiger charge is -2.26. The van der Waals surface area contributed by atoms with Crippen molar-refractivity contribution in [2.75, 3.05) is 38.2 Å². The van der Waals surface area contributed by atoms with Gasteiger partial charge in [-0.3, -0.25) is 4.90 Å². The van der Waals surface area contributed by atoms with Crippen LogP contribution in [0.3, 0.4) is 0 Å². The number of pyridine rings is 2. The molecule has 0 N–H and O–H groups in total. The van der Waals surface area contributed by atoms with E-state index >= 15 is 0 Å². The molecule has 0 aliphatic carbocycles. The fourth-order valence-corrected chi connectivity index (χ4v) is 5.19. The molecular weight excluding hydrogens is 480 g/mol. The Morgan fingerprint density at radius 3 is 1.41 bits per heavy atom. The highest BCUT2D eigenvalue weighted by Gasteiger charge is 2.29. The summed E-state index contributed by atoms with van der Waals surface area (Å²) in [5.74, 6) is 3.24. The summed E-state index contributed by atoms with van der Waals surface area (Å²) in [4.78, 5) is 20.9. The van der Waals surface area contributed by atoms with Gasteiger partial charge in [0.1, 0.15) is 23.3 Å². The van der Waals surface area contributed by atoms with E-state index in [2.05, 4.69) is 114 Å². The minimum atomic E-state index is 0.784. The van der Waals surface area contributed by atoms with Crippen LogP contribution >= 0.6 is 0 Å². The fourth-order valence-electron chi connectivity index (χ4n) is 5.19. The maximum absolute atomic E-state index is 5.14. The predicted molar refractivity (Wildman–Crippen MR) is 162 cm³/mol. The van der Waals surface area contributed by atoms with Gasteiger partial charge in [-0.25, -0.2) is 9.97 Å². The second-order valence-electron chi connectivity index (χ2n) is 9.55. The third-order valence-electron chi connectivity index (χ3n) is 7.03. The van der Waals surface area contributed by atoms with Crippen LogP contribution in [0.2, 0.25) is 0 Å². The van der Waals surface area contributed by atoms with E-state index in [1.165, 1.54) is 0 Å². The van der Waals surface area contributed by atoms with Crippen molar-refractivity contribution in [1.29, 1.82) is 0 Å². The first kappa shape index (κ1) is 23.2. The zero-order chi connectivity index (χ0) is 26.3. The third-order valence-corrected chi connectivity index (χ3v) is 7.03. The number of fused-ring (bicyclic) bond motifs is 2. The van der Waals surface area contributed by atoms with Crippen molar-refractivity contribution in [2.45, 2.75) is 0 Å². The summed E-state index contributed by atoms with van der Waals surface area (Å²) in [5.41, 5.74) is 5.47. The Labute approximate surface area is 230 Å². The van der Waals surface area contributed by atoms with Gasteiger partial charge in [0.15, 0.2) is 0 Å². The number of rotatable bonds is 5. The van der Waals surface area contributed by atoms with E-state index in [0.29, 0.717) is 0 Å². The zero-order valence-electron chi connectivity index (χ0n) is 21.8. The van der Waals surface area contributed by atoms with Crippen molar-refractivity contribution >= 4 is 66.8 Å². The van der Waals surface area contributed by atoms with E-state index in [1.807, 2.05) is 54.6 Å². The molecule has 0 unspecified atom stereocenters. The van der Waals surface area contributed by atoms with Crippen molar-refractivity contribution in [3.8, 4) is 0 Å². The average Bonchev–Trinajstić information content (AvgIpc) is 3.51. The Hall–Kier alpha value is -4.91. The quantitative estimate of drug-likeness (QED) is 0.264. The van der Waals surface area contributed by atoms with E-state index in [4.69, 9.17) is 9.97 Å². The van der Waals surface area contributed by atoms with Crippen LogP contribution in [0.25, 0.3) is 0 Å². The van der Waals surface area contributed by atoms with Crippen LogP contribution in [0, 0.1) is 0 Å². The van der Waals surface area contributed by atoms with Gasteiger partial charge in [-0.2, -0.15) is 0 Å². The van der Waals surface area contributed by atoms with E-state index < -0.39 is 0 Å². The highest BCUT2D eigenvalue weighted by Crippen LogP contribution is 2.41. The van der Waals surface area contributed by atoms with Crippen LogP contribution in [0.15, 0.2) is 115 Å². The smallest absolute Gasteiger partial charge is 0.397 e. The Bertz CT molecular complexity index is 1540. The molecular formula is C30H25B2N7. The number of para-hydroxylation sites is 5. The molecule has 9 heteroatoms. The SMILES string of the molecule is CN1[B]N(c2cccc(N(c3ccccc3)c3cccc(N4[B]N(C)c5ccccc54)n3)n2)c2ccccc21. The number of hydrogen-bond donors (Lipinski definition) is 0. The summed E-state index contributed by atoms with van der Waals surface area (Å²) in [6.45, 7) is 0. The second-order valence-corrected chi connectivity index (χ2v) is 9.55. The van der Waals surface area contributed by atoms with Crippen LogP contribution in [0.5, 0.6) is 0 Å². The first-order valence-corrected chi connectivity index (χ1v) is 12.9. The predicted octanol–water partition coefficient (Wildman–Crippen LogP) is 6.19. The van der Waals surface area contributed by atoms with Crippen LogP contribution in [-0.4, -0.2) is 39.2 Å². The Balaban J connectivity index is 1.31. The Kier molecular flexibility index (Phi) is 5.62. The number of anilines is 9. The first-order chi connectivity index (χ1) is 19.2. The largest absolute Gasteiger partial charge is 0.400 e. The molecule has 0 saturated heterocycles. The lowest BCUT2D eigenvalue weighted by atomic mass is 10.1. The minimum Gasteiger partial charge on any atom is -0.400 e. The minimum absolute atomic E-state index is 0.784. The Morgan fingerprint density at radius 2 is 0.923 bits per heavy atom. The topological polar surface area (TPSA) is 42.0 Å². The highest BCUT2D eigenvalue weighted by molar-refractivity contribution is 6.53. The monoisotopic (exact) mass is 505 g/mol. The number of aromatic nitrogens is 2. The van der Waals surface area contributed by atoms with Crippen molar-refractivity contribution < 1.29 is 0 Å². The molecule has 7 nitrogen and oxygen atoms in total. The van der Waals surface area contributed by atoms with E-state index in [-0.39, 0.29) is 0 Å². The van der Waals surface area contributed by atoms with E-state index in [9.17, 15) is 0 Å². The molecule has 0 atom stereocenters. The van der Waals surface area contributed by atoms with Gasteiger partial charge in [0, 0.05) is 17.1 Å². The normalized spacial score (nSPS) is 13.6. The maximum Gasteiger partial charge on any atom is 0.397 e. The van der Waals surface area contributed by atoms with Gasteiger partial charge in [0.2, 0.25) is 0 Å². The molecule has 39 heavy (non-hydrogen) atoms. The number of benzene rings is 3. The van der Waals surface area contributed by atoms with E-state index in [1.54, 1.807) is 0 Å². The van der Waals surface area contributed by atoms with Crippen molar-refractivity contribution in [3.05, 3.63) is 115 Å². The van der Waals surface area contributed by atoms with Crippen LogP contribution in [0.1, 0.15) is 0 Å². The summed E-state index contributed by atoms with van der Waals surface area (Å²) in [5, 5.41) is 0. The lowest BCUT2D eigenvalue weighted by molar-refractivity contribution is 1.11. The molecule has 7 rings (SSSR count). The molecule has 2 aliphatic rings. The zero-order valence-corrected chi connectivity index (χ0v) is 21.8. The standard InChI is InChI=1S/C30H25B2N7/c1-35-23-14-6-8-16-25(23)38(31-35)29-20-10-18-27(33-29)37(22-12-4-3-5-13-22)28-19-11-21-30(34-28)39-26-17-9-7-15-24(26)36(2)32-39/h3-21H,1-2H3. The molecule has 0 fully saturated rings. The van der Waals surface area contributed by atoms with Crippen molar-refractivity contribution in [1.82, 2.24) is 9.97 Å². The fraction of sp³-hybridized carbons (Fsp3) is 0.0667. The van der Waals surface area contributed by atoms with Gasteiger partial charge in [-0.15, -0.1) is 0 Å².